The van der Waals surface area contributed by atoms with Crippen molar-refractivity contribution in [2.24, 2.45) is 0 Å². The number of hydrogen-bond acceptors (Lipinski definition) is 5. The summed E-state index contributed by atoms with van der Waals surface area (Å²) in [5, 5.41) is 3.23. The number of rotatable bonds is 6. The van der Waals surface area contributed by atoms with Crippen molar-refractivity contribution in [1.82, 2.24) is 4.72 Å². The van der Waals surface area contributed by atoms with E-state index in [1.165, 1.54) is 31.2 Å². The number of anilines is 2. The highest BCUT2D eigenvalue weighted by atomic mass is 35.5. The predicted molar refractivity (Wildman–Crippen MR) is 114 cm³/mol. The molecule has 0 unspecified atom stereocenters. The van der Waals surface area contributed by atoms with Gasteiger partial charge in [0.1, 0.15) is 0 Å². The number of ether oxygens (including phenoxy) is 1. The quantitative estimate of drug-likeness (QED) is 0.725. The number of hydrogen-bond donors (Lipinski definition) is 2. The lowest BCUT2D eigenvalue weighted by atomic mass is 10.1. The summed E-state index contributed by atoms with van der Waals surface area (Å²) in [5.41, 5.74) is 2.61. The molecule has 1 saturated heterocycles. The molecule has 1 amide bonds. The largest absolute Gasteiger partial charge is 0.378 e. The predicted octanol–water partition coefficient (Wildman–Crippen LogP) is 2.79. The molecule has 0 bridgehead atoms. The molecule has 3 rings (SSSR count). The molecule has 0 spiro atoms. The lowest BCUT2D eigenvalue weighted by molar-refractivity contribution is -0.117. The van der Waals surface area contributed by atoms with Crippen LogP contribution in [-0.4, -0.2) is 46.7 Å². The molecule has 0 saturated carbocycles. The van der Waals surface area contributed by atoms with Gasteiger partial charge in [-0.2, -0.15) is 4.72 Å². The van der Waals surface area contributed by atoms with Crippen molar-refractivity contribution in [3.63, 3.8) is 0 Å². The van der Waals surface area contributed by atoms with E-state index in [1.54, 1.807) is 0 Å². The van der Waals surface area contributed by atoms with Crippen LogP contribution in [0.1, 0.15) is 12.5 Å². The fraction of sp³-hybridized carbons (Fsp3) is 0.350. The summed E-state index contributed by atoms with van der Waals surface area (Å²) < 4.78 is 32.7. The molecule has 29 heavy (non-hydrogen) atoms. The Balaban J connectivity index is 1.65. The highest BCUT2D eigenvalue weighted by Gasteiger charge is 2.22. The Bertz CT molecular complexity index is 974. The van der Waals surface area contributed by atoms with Crippen molar-refractivity contribution in [3.05, 3.63) is 53.1 Å². The number of amides is 1. The van der Waals surface area contributed by atoms with Crippen LogP contribution in [-0.2, 0) is 19.6 Å². The van der Waals surface area contributed by atoms with E-state index in [1.807, 2.05) is 25.1 Å². The first-order valence-electron chi connectivity index (χ1n) is 9.28. The third kappa shape index (κ3) is 5.48. The van der Waals surface area contributed by atoms with Gasteiger partial charge in [0.2, 0.25) is 15.9 Å². The van der Waals surface area contributed by atoms with Crippen molar-refractivity contribution in [3.8, 4) is 0 Å². The van der Waals surface area contributed by atoms with E-state index in [0.29, 0.717) is 23.9 Å². The van der Waals surface area contributed by atoms with E-state index < -0.39 is 22.0 Å². The van der Waals surface area contributed by atoms with Gasteiger partial charge in [-0.25, -0.2) is 8.42 Å². The van der Waals surface area contributed by atoms with E-state index in [9.17, 15) is 13.2 Å². The summed E-state index contributed by atoms with van der Waals surface area (Å²) in [4.78, 5) is 14.8. The maximum absolute atomic E-state index is 12.5. The maximum atomic E-state index is 12.5. The van der Waals surface area contributed by atoms with Gasteiger partial charge in [0.05, 0.1) is 24.2 Å². The van der Waals surface area contributed by atoms with E-state index in [2.05, 4.69) is 14.9 Å². The Morgan fingerprint density at radius 3 is 2.41 bits per heavy atom. The highest BCUT2D eigenvalue weighted by Crippen LogP contribution is 2.24. The molecule has 1 aliphatic rings. The molecule has 1 fully saturated rings. The minimum atomic E-state index is -3.83. The standard InChI is InChI=1S/C20H24ClN3O4S/c1-14-13-17(24-9-11-28-12-10-24)5-8-19(14)22-20(25)15(2)23-29(26,27)18-6-3-16(21)4-7-18/h3-8,13,15,23H,9-12H2,1-2H3,(H,22,25)/t15-/m0/s1. The second-order valence-electron chi connectivity index (χ2n) is 6.88. The van der Waals surface area contributed by atoms with Crippen LogP contribution in [0.3, 0.4) is 0 Å². The smallest absolute Gasteiger partial charge is 0.242 e. The van der Waals surface area contributed by atoms with Crippen LogP contribution < -0.4 is 14.9 Å². The third-order valence-corrected chi connectivity index (χ3v) is 6.50. The van der Waals surface area contributed by atoms with Gasteiger partial charge >= 0.3 is 0 Å². The normalized spacial score (nSPS) is 15.8. The maximum Gasteiger partial charge on any atom is 0.242 e. The van der Waals surface area contributed by atoms with Crippen LogP contribution in [0.5, 0.6) is 0 Å². The van der Waals surface area contributed by atoms with Gasteiger partial charge < -0.3 is 15.0 Å². The van der Waals surface area contributed by atoms with Crippen molar-refractivity contribution < 1.29 is 17.9 Å². The molecule has 2 aromatic carbocycles. The summed E-state index contributed by atoms with van der Waals surface area (Å²) >= 11 is 5.80. The van der Waals surface area contributed by atoms with Crippen LogP contribution in [0.4, 0.5) is 11.4 Å². The van der Waals surface area contributed by atoms with Crippen molar-refractivity contribution in [2.75, 3.05) is 36.5 Å². The molecule has 1 atom stereocenters. The molecule has 156 valence electrons. The van der Waals surface area contributed by atoms with Crippen LogP contribution in [0, 0.1) is 6.92 Å². The highest BCUT2D eigenvalue weighted by molar-refractivity contribution is 7.89. The Morgan fingerprint density at radius 1 is 1.14 bits per heavy atom. The summed E-state index contributed by atoms with van der Waals surface area (Å²) in [6.07, 6.45) is 0. The summed E-state index contributed by atoms with van der Waals surface area (Å²) in [5.74, 6) is -0.440. The van der Waals surface area contributed by atoms with E-state index in [0.717, 1.165) is 24.3 Å². The van der Waals surface area contributed by atoms with Crippen molar-refractivity contribution >= 4 is 38.9 Å². The summed E-state index contributed by atoms with van der Waals surface area (Å²) in [6, 6.07) is 10.6. The first-order chi connectivity index (χ1) is 13.8. The van der Waals surface area contributed by atoms with Gasteiger partial charge in [0, 0.05) is 29.5 Å². The molecule has 0 aromatic heterocycles. The zero-order valence-electron chi connectivity index (χ0n) is 16.3. The van der Waals surface area contributed by atoms with Crippen LogP contribution in [0.15, 0.2) is 47.4 Å². The summed E-state index contributed by atoms with van der Waals surface area (Å²) in [7, 11) is -3.83. The molecular formula is C20H24ClN3O4S. The fourth-order valence-corrected chi connectivity index (χ4v) is 4.34. The lowest BCUT2D eigenvalue weighted by Crippen LogP contribution is -2.41. The zero-order chi connectivity index (χ0) is 21.0. The molecule has 1 heterocycles. The van der Waals surface area contributed by atoms with Gasteiger partial charge in [0.25, 0.3) is 0 Å². The first kappa shape index (κ1) is 21.6. The van der Waals surface area contributed by atoms with Crippen LogP contribution in [0.2, 0.25) is 5.02 Å². The van der Waals surface area contributed by atoms with E-state index >= 15 is 0 Å². The van der Waals surface area contributed by atoms with Gasteiger partial charge in [-0.15, -0.1) is 0 Å². The average Bonchev–Trinajstić information content (AvgIpc) is 2.70. The number of carbonyl (C=O) groups excluding carboxylic acids is 1. The number of halogens is 1. The van der Waals surface area contributed by atoms with E-state index in [-0.39, 0.29) is 4.90 Å². The molecule has 0 aliphatic carbocycles. The minimum absolute atomic E-state index is 0.0487. The number of morpholine rings is 1. The fourth-order valence-electron chi connectivity index (χ4n) is 3.02. The molecule has 2 N–H and O–H groups in total. The van der Waals surface area contributed by atoms with Gasteiger partial charge in [0.15, 0.2) is 0 Å². The van der Waals surface area contributed by atoms with Crippen LogP contribution in [0.25, 0.3) is 0 Å². The van der Waals surface area contributed by atoms with Gasteiger partial charge in [-0.1, -0.05) is 11.6 Å². The Morgan fingerprint density at radius 2 is 1.79 bits per heavy atom. The molecule has 1 aliphatic heterocycles. The Kier molecular flexibility index (Phi) is 6.79. The van der Waals surface area contributed by atoms with E-state index in [4.69, 9.17) is 16.3 Å². The first-order valence-corrected chi connectivity index (χ1v) is 11.1. The zero-order valence-corrected chi connectivity index (χ0v) is 17.9. The second kappa shape index (κ2) is 9.13. The Hall–Kier alpha value is -2.13. The number of sulfonamides is 1. The monoisotopic (exact) mass is 437 g/mol. The molecule has 2 aromatic rings. The molecule has 9 heteroatoms. The average molecular weight is 438 g/mol. The third-order valence-electron chi connectivity index (χ3n) is 4.69. The number of nitrogens with one attached hydrogen (secondary N) is 2. The number of aryl methyl sites for hydroxylation is 1. The topological polar surface area (TPSA) is 87.7 Å². The van der Waals surface area contributed by atoms with Gasteiger partial charge in [-0.05, 0) is 61.9 Å². The summed E-state index contributed by atoms with van der Waals surface area (Å²) in [6.45, 7) is 6.46. The SMILES string of the molecule is Cc1cc(N2CCOCC2)ccc1NC(=O)[C@H](C)NS(=O)(=O)c1ccc(Cl)cc1. The lowest BCUT2D eigenvalue weighted by Gasteiger charge is -2.29. The van der Waals surface area contributed by atoms with Crippen LogP contribution >= 0.6 is 11.6 Å². The number of benzene rings is 2. The van der Waals surface area contributed by atoms with Gasteiger partial charge in [-0.3, -0.25) is 4.79 Å². The minimum Gasteiger partial charge on any atom is -0.378 e. The Labute approximate surface area is 176 Å². The molecule has 0 radical (unpaired) electrons. The number of nitrogens with zero attached hydrogens (tertiary/aromatic N) is 1. The molecule has 7 nitrogen and oxygen atoms in total. The molecular weight excluding hydrogens is 414 g/mol. The van der Waals surface area contributed by atoms with Crippen molar-refractivity contribution in [1.29, 1.82) is 0 Å². The number of carbonyl (C=O) groups is 1. The second-order valence-corrected chi connectivity index (χ2v) is 9.04. The van der Waals surface area contributed by atoms with Crippen molar-refractivity contribution in [2.45, 2.75) is 24.8 Å².